The van der Waals surface area contributed by atoms with Gasteiger partial charge < -0.3 is 15.4 Å². The molecular weight excluding hydrogens is 238 g/mol. The van der Waals surface area contributed by atoms with E-state index < -0.39 is 5.60 Å². The number of nitrogens with one attached hydrogen (secondary N) is 2. The summed E-state index contributed by atoms with van der Waals surface area (Å²) < 4.78 is 5.10. The van der Waals surface area contributed by atoms with Crippen molar-refractivity contribution in [1.82, 2.24) is 15.6 Å². The summed E-state index contributed by atoms with van der Waals surface area (Å²) in [5.74, 6) is 0. The highest BCUT2D eigenvalue weighted by molar-refractivity contribution is 7.09. The standard InChI is InChI=1S/C11H19N3O2S/c1-11(2,3)16-10(15)14-5-4-12-8-9-13-6-7-17-9/h6-7,12H,4-5,8H2,1-3H3,(H,14,15). The first-order chi connectivity index (χ1) is 7.97. The molecule has 6 heteroatoms. The lowest BCUT2D eigenvalue weighted by molar-refractivity contribution is 0.0528. The third-order valence-corrected chi connectivity index (χ3v) is 2.51. The van der Waals surface area contributed by atoms with Crippen LogP contribution < -0.4 is 10.6 Å². The van der Waals surface area contributed by atoms with Gasteiger partial charge in [0, 0.05) is 31.2 Å². The molecule has 1 rings (SSSR count). The van der Waals surface area contributed by atoms with Gasteiger partial charge in [-0.2, -0.15) is 0 Å². The van der Waals surface area contributed by atoms with Crippen LogP contribution in [0.15, 0.2) is 11.6 Å². The molecule has 0 fully saturated rings. The van der Waals surface area contributed by atoms with Crippen LogP contribution in [0.3, 0.4) is 0 Å². The van der Waals surface area contributed by atoms with E-state index in [9.17, 15) is 4.79 Å². The molecule has 5 nitrogen and oxygen atoms in total. The summed E-state index contributed by atoms with van der Waals surface area (Å²) in [7, 11) is 0. The van der Waals surface area contributed by atoms with Crippen molar-refractivity contribution in [2.24, 2.45) is 0 Å². The van der Waals surface area contributed by atoms with E-state index >= 15 is 0 Å². The molecule has 0 spiro atoms. The Bertz CT molecular complexity index is 333. The average Bonchev–Trinajstić information content (AvgIpc) is 2.67. The second kappa shape index (κ2) is 6.56. The number of carbonyl (C=O) groups is 1. The molecule has 17 heavy (non-hydrogen) atoms. The minimum Gasteiger partial charge on any atom is -0.444 e. The summed E-state index contributed by atoms with van der Waals surface area (Å²) >= 11 is 1.61. The normalized spacial score (nSPS) is 11.2. The number of carbonyl (C=O) groups excluding carboxylic acids is 1. The minimum atomic E-state index is -0.446. The minimum absolute atomic E-state index is 0.381. The largest absolute Gasteiger partial charge is 0.444 e. The van der Waals surface area contributed by atoms with Gasteiger partial charge in [-0.1, -0.05) is 0 Å². The maximum atomic E-state index is 11.3. The van der Waals surface area contributed by atoms with E-state index in [1.165, 1.54) is 0 Å². The number of hydrogen-bond acceptors (Lipinski definition) is 5. The Kier molecular flexibility index (Phi) is 5.37. The monoisotopic (exact) mass is 257 g/mol. The fourth-order valence-electron chi connectivity index (χ4n) is 1.10. The zero-order valence-electron chi connectivity index (χ0n) is 10.4. The molecule has 0 aromatic carbocycles. The lowest BCUT2D eigenvalue weighted by Gasteiger charge is -2.19. The van der Waals surface area contributed by atoms with E-state index in [1.807, 2.05) is 26.2 Å². The van der Waals surface area contributed by atoms with Crippen molar-refractivity contribution >= 4 is 17.4 Å². The molecule has 2 N–H and O–H groups in total. The molecule has 0 aliphatic rings. The van der Waals surface area contributed by atoms with Crippen LogP contribution in [0.1, 0.15) is 25.8 Å². The topological polar surface area (TPSA) is 63.2 Å². The van der Waals surface area contributed by atoms with E-state index in [0.29, 0.717) is 13.1 Å². The number of aromatic nitrogens is 1. The molecule has 1 heterocycles. The number of hydrogen-bond donors (Lipinski definition) is 2. The van der Waals surface area contributed by atoms with Gasteiger partial charge in [-0.3, -0.25) is 0 Å². The zero-order chi connectivity index (χ0) is 12.7. The number of ether oxygens (including phenoxy) is 1. The molecule has 1 aromatic rings. The van der Waals surface area contributed by atoms with Crippen LogP contribution in [0.4, 0.5) is 4.79 Å². The molecule has 1 amide bonds. The van der Waals surface area contributed by atoms with Gasteiger partial charge in [0.15, 0.2) is 0 Å². The summed E-state index contributed by atoms with van der Waals surface area (Å²) in [6.07, 6.45) is 1.40. The SMILES string of the molecule is CC(C)(C)OC(=O)NCCNCc1nccs1. The maximum Gasteiger partial charge on any atom is 0.407 e. The Labute approximate surface area is 106 Å². The van der Waals surface area contributed by atoms with E-state index in [0.717, 1.165) is 11.6 Å². The van der Waals surface area contributed by atoms with Gasteiger partial charge in [-0.25, -0.2) is 9.78 Å². The summed E-state index contributed by atoms with van der Waals surface area (Å²) in [6, 6.07) is 0. The molecule has 0 saturated heterocycles. The number of rotatable bonds is 5. The van der Waals surface area contributed by atoms with Crippen molar-refractivity contribution in [1.29, 1.82) is 0 Å². The molecule has 0 saturated carbocycles. The van der Waals surface area contributed by atoms with Gasteiger partial charge in [-0.15, -0.1) is 11.3 Å². The Morgan fingerprint density at radius 3 is 2.82 bits per heavy atom. The first-order valence-electron chi connectivity index (χ1n) is 5.53. The highest BCUT2D eigenvalue weighted by atomic mass is 32.1. The van der Waals surface area contributed by atoms with E-state index in [-0.39, 0.29) is 6.09 Å². The van der Waals surface area contributed by atoms with Crippen molar-refractivity contribution in [2.75, 3.05) is 13.1 Å². The Morgan fingerprint density at radius 1 is 1.47 bits per heavy atom. The van der Waals surface area contributed by atoms with Crippen molar-refractivity contribution in [2.45, 2.75) is 32.9 Å². The third-order valence-electron chi connectivity index (χ3n) is 1.73. The predicted molar refractivity (Wildman–Crippen MR) is 68.1 cm³/mol. The van der Waals surface area contributed by atoms with Gasteiger partial charge in [0.05, 0.1) is 0 Å². The van der Waals surface area contributed by atoms with Crippen LogP contribution in [0.25, 0.3) is 0 Å². The number of nitrogens with zero attached hydrogens (tertiary/aromatic N) is 1. The lowest BCUT2D eigenvalue weighted by atomic mass is 10.2. The van der Waals surface area contributed by atoms with Crippen molar-refractivity contribution in [3.63, 3.8) is 0 Å². The first kappa shape index (κ1) is 13.9. The first-order valence-corrected chi connectivity index (χ1v) is 6.41. The maximum absolute atomic E-state index is 11.3. The summed E-state index contributed by atoms with van der Waals surface area (Å²) in [4.78, 5) is 15.4. The van der Waals surface area contributed by atoms with Gasteiger partial charge in [0.25, 0.3) is 0 Å². The molecular formula is C11H19N3O2S. The van der Waals surface area contributed by atoms with Crippen LogP contribution >= 0.6 is 11.3 Å². The predicted octanol–water partition coefficient (Wildman–Crippen LogP) is 1.76. The van der Waals surface area contributed by atoms with Crippen LogP contribution in [-0.4, -0.2) is 29.8 Å². The molecule has 0 radical (unpaired) electrons. The third kappa shape index (κ3) is 6.91. The van der Waals surface area contributed by atoms with Gasteiger partial charge in [0.2, 0.25) is 0 Å². The average molecular weight is 257 g/mol. The van der Waals surface area contributed by atoms with E-state index in [2.05, 4.69) is 15.6 Å². The summed E-state index contributed by atoms with van der Waals surface area (Å²) in [5, 5.41) is 8.85. The molecule has 0 aliphatic carbocycles. The fraction of sp³-hybridized carbons (Fsp3) is 0.636. The van der Waals surface area contributed by atoms with Crippen molar-refractivity contribution in [3.8, 4) is 0 Å². The van der Waals surface area contributed by atoms with Crippen molar-refractivity contribution < 1.29 is 9.53 Å². The lowest BCUT2D eigenvalue weighted by Crippen LogP contribution is -2.36. The molecule has 1 aromatic heterocycles. The smallest absolute Gasteiger partial charge is 0.407 e. The second-order valence-electron chi connectivity index (χ2n) is 4.53. The Hall–Kier alpha value is -1.14. The van der Waals surface area contributed by atoms with Crippen LogP contribution in [0.2, 0.25) is 0 Å². The molecule has 0 atom stereocenters. The van der Waals surface area contributed by atoms with Gasteiger partial charge in [0.1, 0.15) is 10.6 Å². The van der Waals surface area contributed by atoms with Crippen LogP contribution in [0, 0.1) is 0 Å². The highest BCUT2D eigenvalue weighted by Gasteiger charge is 2.15. The fourth-order valence-corrected chi connectivity index (χ4v) is 1.69. The van der Waals surface area contributed by atoms with Gasteiger partial charge >= 0.3 is 6.09 Å². The quantitative estimate of drug-likeness (QED) is 0.789. The second-order valence-corrected chi connectivity index (χ2v) is 5.51. The van der Waals surface area contributed by atoms with Crippen LogP contribution in [0.5, 0.6) is 0 Å². The highest BCUT2D eigenvalue weighted by Crippen LogP contribution is 2.06. The van der Waals surface area contributed by atoms with Gasteiger partial charge in [-0.05, 0) is 20.8 Å². The Balaban J connectivity index is 2.02. The number of alkyl carbamates (subject to hydrolysis) is 1. The van der Waals surface area contributed by atoms with Crippen molar-refractivity contribution in [3.05, 3.63) is 16.6 Å². The van der Waals surface area contributed by atoms with E-state index in [4.69, 9.17) is 4.74 Å². The number of thiazole rings is 1. The summed E-state index contributed by atoms with van der Waals surface area (Å²) in [5.41, 5.74) is -0.446. The summed E-state index contributed by atoms with van der Waals surface area (Å²) in [6.45, 7) is 7.49. The Morgan fingerprint density at radius 2 is 2.24 bits per heavy atom. The molecule has 0 bridgehead atoms. The van der Waals surface area contributed by atoms with Crippen LogP contribution in [-0.2, 0) is 11.3 Å². The molecule has 96 valence electrons. The zero-order valence-corrected chi connectivity index (χ0v) is 11.3. The molecule has 0 unspecified atom stereocenters. The number of amides is 1. The molecule has 0 aliphatic heterocycles. The van der Waals surface area contributed by atoms with E-state index in [1.54, 1.807) is 17.5 Å².